The summed E-state index contributed by atoms with van der Waals surface area (Å²) >= 11 is 6.33. The van der Waals surface area contributed by atoms with Crippen molar-refractivity contribution in [3.63, 3.8) is 0 Å². The quantitative estimate of drug-likeness (QED) is 0.710. The molecule has 3 rings (SSSR count). The van der Waals surface area contributed by atoms with E-state index in [0.717, 1.165) is 11.5 Å². The Labute approximate surface area is 140 Å². The summed E-state index contributed by atoms with van der Waals surface area (Å²) in [6.45, 7) is 0. The molecule has 1 amide bonds. The Balaban J connectivity index is 1.72. The standard InChI is InChI=1S/C14H12FN5OS2/c1-20-11(18-19-14(20)22)6-8-7-23-13(16-8)17-12(21)9-4-2-3-5-10(9)15/h2-5,7H,6H2,1H3,(H,19,22)(H,16,17,21). The fourth-order valence-electron chi connectivity index (χ4n) is 1.96. The molecule has 0 bridgehead atoms. The van der Waals surface area contributed by atoms with Crippen LogP contribution in [0.4, 0.5) is 9.52 Å². The van der Waals surface area contributed by atoms with Gasteiger partial charge >= 0.3 is 0 Å². The highest BCUT2D eigenvalue weighted by Gasteiger charge is 2.13. The first-order valence-electron chi connectivity index (χ1n) is 6.65. The van der Waals surface area contributed by atoms with Crippen LogP contribution in [0.1, 0.15) is 21.9 Å². The summed E-state index contributed by atoms with van der Waals surface area (Å²) < 4.78 is 15.9. The third kappa shape index (κ3) is 3.35. The fourth-order valence-corrected chi connectivity index (χ4v) is 2.81. The molecule has 1 aromatic carbocycles. The Morgan fingerprint density at radius 3 is 2.96 bits per heavy atom. The zero-order valence-corrected chi connectivity index (χ0v) is 13.7. The number of nitrogens with one attached hydrogen (secondary N) is 2. The van der Waals surface area contributed by atoms with E-state index in [-0.39, 0.29) is 5.56 Å². The summed E-state index contributed by atoms with van der Waals surface area (Å²) in [5.74, 6) is -0.349. The molecular weight excluding hydrogens is 337 g/mol. The Hall–Kier alpha value is -2.39. The van der Waals surface area contributed by atoms with Gasteiger partial charge < -0.3 is 4.57 Å². The highest BCUT2D eigenvalue weighted by Crippen LogP contribution is 2.19. The summed E-state index contributed by atoms with van der Waals surface area (Å²) in [5, 5.41) is 11.6. The largest absolute Gasteiger partial charge is 0.307 e. The van der Waals surface area contributed by atoms with E-state index in [4.69, 9.17) is 12.2 Å². The number of rotatable bonds is 4. The Kier molecular flexibility index (Phi) is 4.30. The van der Waals surface area contributed by atoms with Gasteiger partial charge in [0, 0.05) is 12.4 Å². The number of benzene rings is 1. The van der Waals surface area contributed by atoms with Crippen LogP contribution in [0, 0.1) is 10.6 Å². The summed E-state index contributed by atoms with van der Waals surface area (Å²) in [6.07, 6.45) is 0.482. The number of aromatic amines is 1. The van der Waals surface area contributed by atoms with Crippen molar-refractivity contribution >= 4 is 34.6 Å². The lowest BCUT2D eigenvalue weighted by Crippen LogP contribution is -2.13. The molecule has 2 N–H and O–H groups in total. The van der Waals surface area contributed by atoms with Crippen molar-refractivity contribution in [2.24, 2.45) is 7.05 Å². The average molecular weight is 349 g/mol. The molecule has 0 unspecified atom stereocenters. The van der Waals surface area contributed by atoms with E-state index in [0.29, 0.717) is 16.3 Å². The summed E-state index contributed by atoms with van der Waals surface area (Å²) in [7, 11) is 1.81. The number of amides is 1. The maximum Gasteiger partial charge on any atom is 0.260 e. The number of halogens is 1. The molecule has 9 heteroatoms. The molecule has 0 saturated carbocycles. The van der Waals surface area contributed by atoms with Crippen LogP contribution in [0.25, 0.3) is 0 Å². The lowest BCUT2D eigenvalue weighted by Gasteiger charge is -2.02. The van der Waals surface area contributed by atoms with Gasteiger partial charge in [-0.25, -0.2) is 9.37 Å². The summed E-state index contributed by atoms with van der Waals surface area (Å²) in [4.78, 5) is 16.4. The van der Waals surface area contributed by atoms with Crippen LogP contribution in [-0.4, -0.2) is 25.7 Å². The van der Waals surface area contributed by atoms with Crippen molar-refractivity contribution in [1.29, 1.82) is 0 Å². The van der Waals surface area contributed by atoms with Crippen LogP contribution in [0.3, 0.4) is 0 Å². The highest BCUT2D eigenvalue weighted by molar-refractivity contribution is 7.71. The first-order valence-corrected chi connectivity index (χ1v) is 7.94. The Bertz CT molecular complexity index is 914. The Morgan fingerprint density at radius 1 is 1.48 bits per heavy atom. The first-order chi connectivity index (χ1) is 11.0. The number of nitrogens with zero attached hydrogens (tertiary/aromatic N) is 3. The number of H-pyrrole nitrogens is 1. The predicted molar refractivity (Wildman–Crippen MR) is 87.7 cm³/mol. The van der Waals surface area contributed by atoms with Crippen molar-refractivity contribution in [3.8, 4) is 0 Å². The fraction of sp³-hybridized carbons (Fsp3) is 0.143. The number of thiazole rings is 1. The van der Waals surface area contributed by atoms with Crippen LogP contribution >= 0.6 is 23.6 Å². The van der Waals surface area contributed by atoms with Crippen molar-refractivity contribution in [3.05, 3.63) is 57.3 Å². The number of anilines is 1. The SMILES string of the molecule is Cn1c(Cc2csc(NC(=O)c3ccccc3F)n2)n[nH]c1=S. The minimum Gasteiger partial charge on any atom is -0.307 e. The van der Waals surface area contributed by atoms with E-state index in [1.165, 1.54) is 29.5 Å². The maximum atomic E-state index is 13.6. The molecule has 0 fully saturated rings. The highest BCUT2D eigenvalue weighted by atomic mass is 32.1. The smallest absolute Gasteiger partial charge is 0.260 e. The second kappa shape index (κ2) is 6.39. The van der Waals surface area contributed by atoms with E-state index in [9.17, 15) is 9.18 Å². The molecule has 3 aromatic rings. The van der Waals surface area contributed by atoms with Gasteiger partial charge in [-0.3, -0.25) is 15.2 Å². The third-order valence-electron chi connectivity index (χ3n) is 3.20. The molecule has 0 aliphatic heterocycles. The van der Waals surface area contributed by atoms with Crippen molar-refractivity contribution in [2.45, 2.75) is 6.42 Å². The molecule has 6 nitrogen and oxygen atoms in total. The summed E-state index contributed by atoms with van der Waals surface area (Å²) in [5.41, 5.74) is 0.731. The normalized spacial score (nSPS) is 10.7. The minimum absolute atomic E-state index is 0.0151. The molecule has 2 aromatic heterocycles. The van der Waals surface area contributed by atoms with Crippen molar-refractivity contribution in [2.75, 3.05) is 5.32 Å². The van der Waals surface area contributed by atoms with Crippen molar-refractivity contribution in [1.82, 2.24) is 19.7 Å². The van der Waals surface area contributed by atoms with E-state index in [1.807, 2.05) is 12.4 Å². The lowest BCUT2D eigenvalue weighted by atomic mass is 10.2. The summed E-state index contributed by atoms with van der Waals surface area (Å²) in [6, 6.07) is 5.81. The number of aromatic nitrogens is 4. The van der Waals surface area contributed by atoms with E-state index >= 15 is 0 Å². The van der Waals surface area contributed by atoms with E-state index in [1.54, 1.807) is 10.6 Å². The molecule has 0 radical (unpaired) electrons. The maximum absolute atomic E-state index is 13.6. The van der Waals surface area contributed by atoms with Crippen molar-refractivity contribution < 1.29 is 9.18 Å². The number of carbonyl (C=O) groups is 1. The topological polar surface area (TPSA) is 75.6 Å². The van der Waals surface area contributed by atoms with Crippen LogP contribution in [-0.2, 0) is 13.5 Å². The molecule has 0 spiro atoms. The van der Waals surface area contributed by atoms with Gasteiger partial charge in [0.15, 0.2) is 9.90 Å². The van der Waals surface area contributed by atoms with Gasteiger partial charge in [0.2, 0.25) is 0 Å². The first kappa shape index (κ1) is 15.5. The van der Waals surface area contributed by atoms with Gasteiger partial charge in [0.05, 0.1) is 17.7 Å². The second-order valence-electron chi connectivity index (χ2n) is 4.76. The van der Waals surface area contributed by atoms with Gasteiger partial charge in [-0.15, -0.1) is 11.3 Å². The van der Waals surface area contributed by atoms with E-state index < -0.39 is 11.7 Å². The van der Waals surface area contributed by atoms with Gasteiger partial charge in [-0.1, -0.05) is 12.1 Å². The van der Waals surface area contributed by atoms with Gasteiger partial charge in [0.25, 0.3) is 5.91 Å². The Morgan fingerprint density at radius 2 is 2.26 bits per heavy atom. The van der Waals surface area contributed by atoms with Gasteiger partial charge in [-0.05, 0) is 24.4 Å². The molecule has 0 aliphatic carbocycles. The van der Waals surface area contributed by atoms with Crippen LogP contribution < -0.4 is 5.32 Å². The van der Waals surface area contributed by atoms with Gasteiger partial charge in [0.1, 0.15) is 11.6 Å². The predicted octanol–water partition coefficient (Wildman–Crippen LogP) is 2.92. The minimum atomic E-state index is -0.566. The zero-order chi connectivity index (χ0) is 16.4. The molecule has 23 heavy (non-hydrogen) atoms. The second-order valence-corrected chi connectivity index (χ2v) is 6.00. The van der Waals surface area contributed by atoms with E-state index in [2.05, 4.69) is 20.5 Å². The monoisotopic (exact) mass is 349 g/mol. The van der Waals surface area contributed by atoms with Crippen LogP contribution in [0.2, 0.25) is 0 Å². The molecule has 0 saturated heterocycles. The lowest BCUT2D eigenvalue weighted by molar-refractivity contribution is 0.102. The molecular formula is C14H12FN5OS2. The molecule has 0 aliphatic rings. The third-order valence-corrected chi connectivity index (χ3v) is 4.37. The molecule has 2 heterocycles. The van der Waals surface area contributed by atoms with Crippen LogP contribution in [0.5, 0.6) is 0 Å². The zero-order valence-electron chi connectivity index (χ0n) is 12.0. The number of hydrogen-bond acceptors (Lipinski definition) is 5. The molecule has 118 valence electrons. The molecule has 0 atom stereocenters. The van der Waals surface area contributed by atoms with Crippen LogP contribution in [0.15, 0.2) is 29.6 Å². The van der Waals surface area contributed by atoms with Gasteiger partial charge in [-0.2, -0.15) is 5.10 Å². The average Bonchev–Trinajstić information content (AvgIpc) is 3.09. The number of hydrogen-bond donors (Lipinski definition) is 2. The number of carbonyl (C=O) groups excluding carboxylic acids is 1.